The number of hydrogen-bond donors (Lipinski definition) is 1. The first-order valence-electron chi connectivity index (χ1n) is 11.1. The zero-order chi connectivity index (χ0) is 23.0. The SMILES string of the molecule is COc1ccc(C2=Nc3ccccc3N(CC(=O)NCCCc3ccccc3)C(=O)C2)cc1. The first-order chi connectivity index (χ1) is 16.1. The monoisotopic (exact) mass is 441 g/mol. The van der Waals surface area contributed by atoms with Crippen molar-refractivity contribution in [3.63, 3.8) is 0 Å². The Bertz CT molecular complexity index is 1140. The van der Waals surface area contributed by atoms with Crippen LogP contribution in [0.1, 0.15) is 24.0 Å². The Balaban J connectivity index is 1.43. The molecule has 168 valence electrons. The fraction of sp³-hybridized carbons (Fsp3) is 0.222. The minimum atomic E-state index is -0.181. The van der Waals surface area contributed by atoms with Crippen molar-refractivity contribution in [2.75, 3.05) is 25.1 Å². The van der Waals surface area contributed by atoms with Gasteiger partial charge in [-0.15, -0.1) is 0 Å². The van der Waals surface area contributed by atoms with Crippen LogP contribution in [0.4, 0.5) is 11.4 Å². The maximum absolute atomic E-state index is 13.2. The number of nitrogens with zero attached hydrogens (tertiary/aromatic N) is 2. The van der Waals surface area contributed by atoms with Crippen LogP contribution in [0, 0.1) is 0 Å². The topological polar surface area (TPSA) is 71.0 Å². The van der Waals surface area contributed by atoms with Crippen molar-refractivity contribution in [3.05, 3.63) is 90.0 Å². The van der Waals surface area contributed by atoms with Gasteiger partial charge in [-0.2, -0.15) is 0 Å². The second-order valence-corrected chi connectivity index (χ2v) is 7.87. The fourth-order valence-corrected chi connectivity index (χ4v) is 3.83. The van der Waals surface area contributed by atoms with Gasteiger partial charge in [-0.05, 0) is 60.4 Å². The molecule has 0 saturated heterocycles. The third-order valence-electron chi connectivity index (χ3n) is 5.58. The van der Waals surface area contributed by atoms with Gasteiger partial charge in [0.2, 0.25) is 11.8 Å². The van der Waals surface area contributed by atoms with Gasteiger partial charge in [0.25, 0.3) is 0 Å². The number of carbonyl (C=O) groups excluding carboxylic acids is 2. The number of aryl methyl sites for hydroxylation is 1. The van der Waals surface area contributed by atoms with Crippen LogP contribution < -0.4 is 15.0 Å². The van der Waals surface area contributed by atoms with Crippen LogP contribution in [-0.2, 0) is 16.0 Å². The number of anilines is 1. The molecule has 1 heterocycles. The van der Waals surface area contributed by atoms with Gasteiger partial charge in [0.05, 0.1) is 30.6 Å². The van der Waals surface area contributed by atoms with Gasteiger partial charge >= 0.3 is 0 Å². The van der Waals surface area contributed by atoms with Gasteiger partial charge in [0.1, 0.15) is 12.3 Å². The molecule has 0 saturated carbocycles. The van der Waals surface area contributed by atoms with E-state index in [2.05, 4.69) is 17.4 Å². The number of fused-ring (bicyclic) bond motifs is 1. The molecule has 0 fully saturated rings. The van der Waals surface area contributed by atoms with Crippen molar-refractivity contribution in [2.24, 2.45) is 4.99 Å². The summed E-state index contributed by atoms with van der Waals surface area (Å²) >= 11 is 0. The molecule has 1 N–H and O–H groups in total. The van der Waals surface area contributed by atoms with Crippen molar-refractivity contribution in [3.8, 4) is 5.75 Å². The normalized spacial score (nSPS) is 13.1. The molecule has 4 rings (SSSR count). The molecule has 33 heavy (non-hydrogen) atoms. The molecule has 0 unspecified atom stereocenters. The zero-order valence-electron chi connectivity index (χ0n) is 18.7. The fourth-order valence-electron chi connectivity index (χ4n) is 3.83. The van der Waals surface area contributed by atoms with E-state index in [0.29, 0.717) is 23.6 Å². The van der Waals surface area contributed by atoms with E-state index in [4.69, 9.17) is 9.73 Å². The van der Waals surface area contributed by atoms with Crippen LogP contribution in [0.25, 0.3) is 0 Å². The van der Waals surface area contributed by atoms with Crippen molar-refractivity contribution in [1.82, 2.24) is 5.32 Å². The van der Waals surface area contributed by atoms with Crippen LogP contribution in [0.15, 0.2) is 83.9 Å². The molecule has 0 radical (unpaired) electrons. The standard InChI is InChI=1S/C27H27N3O3/c1-33-22-15-13-21(14-16-22)24-18-27(32)30(25-12-6-5-11-23(25)29-24)19-26(31)28-17-7-10-20-8-3-2-4-9-20/h2-6,8-9,11-16H,7,10,17-19H2,1H3,(H,28,31). The highest BCUT2D eigenvalue weighted by molar-refractivity contribution is 6.18. The number of amides is 2. The lowest BCUT2D eigenvalue weighted by Gasteiger charge is -2.22. The number of aliphatic imine (C=N–C) groups is 1. The lowest BCUT2D eigenvalue weighted by Crippen LogP contribution is -2.41. The predicted octanol–water partition coefficient (Wildman–Crippen LogP) is 4.30. The van der Waals surface area contributed by atoms with Crippen molar-refractivity contribution in [2.45, 2.75) is 19.3 Å². The number of nitrogens with one attached hydrogen (secondary N) is 1. The molecular weight excluding hydrogens is 414 g/mol. The van der Waals surface area contributed by atoms with E-state index >= 15 is 0 Å². The Labute approximate surface area is 193 Å². The average Bonchev–Trinajstić information content (AvgIpc) is 2.99. The molecule has 6 heteroatoms. The molecule has 0 atom stereocenters. The second-order valence-electron chi connectivity index (χ2n) is 7.87. The molecule has 1 aliphatic heterocycles. The number of carbonyl (C=O) groups is 2. The van der Waals surface area contributed by atoms with E-state index in [-0.39, 0.29) is 24.8 Å². The van der Waals surface area contributed by atoms with Gasteiger partial charge in [0, 0.05) is 6.54 Å². The summed E-state index contributed by atoms with van der Waals surface area (Å²) < 4.78 is 5.23. The van der Waals surface area contributed by atoms with E-state index < -0.39 is 0 Å². The molecule has 2 amide bonds. The third-order valence-corrected chi connectivity index (χ3v) is 5.58. The van der Waals surface area contributed by atoms with E-state index in [9.17, 15) is 9.59 Å². The first-order valence-corrected chi connectivity index (χ1v) is 11.1. The van der Waals surface area contributed by atoms with Gasteiger partial charge in [-0.1, -0.05) is 42.5 Å². The van der Waals surface area contributed by atoms with Crippen molar-refractivity contribution >= 4 is 28.9 Å². The van der Waals surface area contributed by atoms with E-state index in [1.54, 1.807) is 7.11 Å². The maximum Gasteiger partial charge on any atom is 0.240 e. The van der Waals surface area contributed by atoms with Crippen LogP contribution in [0.2, 0.25) is 0 Å². The summed E-state index contributed by atoms with van der Waals surface area (Å²) in [5.74, 6) is 0.401. The summed E-state index contributed by atoms with van der Waals surface area (Å²) in [4.78, 5) is 32.1. The highest BCUT2D eigenvalue weighted by Gasteiger charge is 2.26. The molecule has 0 aliphatic carbocycles. The van der Waals surface area contributed by atoms with Gasteiger partial charge in [-0.25, -0.2) is 0 Å². The van der Waals surface area contributed by atoms with Crippen LogP contribution >= 0.6 is 0 Å². The Hall–Kier alpha value is -3.93. The molecule has 6 nitrogen and oxygen atoms in total. The number of ether oxygens (including phenoxy) is 1. The van der Waals surface area contributed by atoms with Crippen LogP contribution in [-0.4, -0.2) is 37.7 Å². The number of hydrogen-bond acceptors (Lipinski definition) is 4. The molecule has 3 aromatic carbocycles. The lowest BCUT2D eigenvalue weighted by molar-refractivity contribution is -0.123. The highest BCUT2D eigenvalue weighted by atomic mass is 16.5. The van der Waals surface area contributed by atoms with Gasteiger partial charge in [-0.3, -0.25) is 14.6 Å². The zero-order valence-corrected chi connectivity index (χ0v) is 18.7. The molecular formula is C27H27N3O3. The number of methoxy groups -OCH3 is 1. The second kappa shape index (κ2) is 10.6. The summed E-state index contributed by atoms with van der Waals surface area (Å²) in [6, 6.07) is 25.1. The summed E-state index contributed by atoms with van der Waals surface area (Å²) in [6.45, 7) is 0.525. The van der Waals surface area contributed by atoms with Gasteiger partial charge in [0.15, 0.2) is 0 Å². The lowest BCUT2D eigenvalue weighted by atomic mass is 10.1. The number of para-hydroxylation sites is 2. The summed E-state index contributed by atoms with van der Waals surface area (Å²) in [7, 11) is 1.61. The predicted molar refractivity (Wildman–Crippen MR) is 130 cm³/mol. The van der Waals surface area contributed by atoms with E-state index in [1.165, 1.54) is 10.5 Å². The van der Waals surface area contributed by atoms with Gasteiger partial charge < -0.3 is 15.0 Å². The summed E-state index contributed by atoms with van der Waals surface area (Å²) in [6.07, 6.45) is 1.85. The Morgan fingerprint density at radius 2 is 1.73 bits per heavy atom. The molecule has 0 bridgehead atoms. The summed E-state index contributed by atoms with van der Waals surface area (Å²) in [5.41, 5.74) is 4.08. The highest BCUT2D eigenvalue weighted by Crippen LogP contribution is 2.33. The Kier molecular flexibility index (Phi) is 7.15. The van der Waals surface area contributed by atoms with E-state index in [1.807, 2.05) is 66.7 Å². The molecule has 0 spiro atoms. The van der Waals surface area contributed by atoms with Crippen LogP contribution in [0.3, 0.4) is 0 Å². The first kappa shape index (κ1) is 22.3. The number of rotatable bonds is 8. The van der Waals surface area contributed by atoms with Crippen molar-refractivity contribution in [1.29, 1.82) is 0 Å². The Morgan fingerprint density at radius 3 is 2.48 bits per heavy atom. The summed E-state index contributed by atoms with van der Waals surface area (Å²) in [5, 5.41) is 2.94. The Morgan fingerprint density at radius 1 is 1.00 bits per heavy atom. The minimum Gasteiger partial charge on any atom is -0.497 e. The minimum absolute atomic E-state index is 0.0351. The van der Waals surface area contributed by atoms with E-state index in [0.717, 1.165) is 24.2 Å². The number of benzene rings is 3. The maximum atomic E-state index is 13.2. The van der Waals surface area contributed by atoms with Crippen molar-refractivity contribution < 1.29 is 14.3 Å². The average molecular weight is 442 g/mol. The molecule has 0 aromatic heterocycles. The third kappa shape index (κ3) is 5.66. The largest absolute Gasteiger partial charge is 0.497 e. The van der Waals surface area contributed by atoms with Crippen LogP contribution in [0.5, 0.6) is 5.75 Å². The smallest absolute Gasteiger partial charge is 0.240 e. The molecule has 1 aliphatic rings. The molecule has 3 aromatic rings. The quantitative estimate of drug-likeness (QED) is 0.530.